The summed E-state index contributed by atoms with van der Waals surface area (Å²) in [5, 5.41) is 8.99. The summed E-state index contributed by atoms with van der Waals surface area (Å²) in [7, 11) is 0. The molecule has 76 valence electrons. The molecule has 2 unspecified atom stereocenters. The predicted molar refractivity (Wildman–Crippen MR) is 47.6 cm³/mol. The fourth-order valence-corrected chi connectivity index (χ4v) is 1.74. The molecule has 1 fully saturated rings. The third kappa shape index (κ3) is 1.63. The van der Waals surface area contributed by atoms with Gasteiger partial charge in [-0.3, -0.25) is 4.79 Å². The number of nitrogens with one attached hydrogen (secondary N) is 1. The van der Waals surface area contributed by atoms with Gasteiger partial charge in [-0.1, -0.05) is 0 Å². The molecule has 0 bridgehead atoms. The molecule has 2 rings (SSSR count). The molecule has 0 aliphatic carbocycles. The number of aromatic nitrogens is 2. The van der Waals surface area contributed by atoms with E-state index in [1.54, 1.807) is 12.4 Å². The molecule has 2 N–H and O–H groups in total. The number of rotatable bonds is 2. The summed E-state index contributed by atoms with van der Waals surface area (Å²) in [5.74, 6) is -0.682. The summed E-state index contributed by atoms with van der Waals surface area (Å²) in [6.07, 6.45) is 4.31. The van der Waals surface area contributed by atoms with E-state index in [4.69, 9.17) is 9.84 Å². The molecule has 1 aliphatic heterocycles. The van der Waals surface area contributed by atoms with E-state index < -0.39 is 18.0 Å². The zero-order valence-corrected chi connectivity index (χ0v) is 7.64. The maximum atomic E-state index is 10.9. The monoisotopic (exact) mass is 196 g/mol. The van der Waals surface area contributed by atoms with Crippen LogP contribution in [-0.2, 0) is 9.53 Å². The van der Waals surface area contributed by atoms with Gasteiger partial charge in [0.2, 0.25) is 0 Å². The lowest BCUT2D eigenvalue weighted by atomic mass is 9.94. The van der Waals surface area contributed by atoms with E-state index in [9.17, 15) is 4.79 Å². The number of carboxylic acid groups (broad SMARTS) is 1. The van der Waals surface area contributed by atoms with Gasteiger partial charge < -0.3 is 14.8 Å². The smallest absolute Gasteiger partial charge is 0.309 e. The highest BCUT2D eigenvalue weighted by atomic mass is 16.5. The quantitative estimate of drug-likeness (QED) is 0.738. The molecule has 1 aromatic heterocycles. The first kappa shape index (κ1) is 9.21. The first-order chi connectivity index (χ1) is 6.79. The number of H-pyrrole nitrogens is 1. The normalized spacial score (nSPS) is 27.4. The Labute approximate surface area is 81.1 Å². The minimum absolute atomic E-state index is 0.420. The summed E-state index contributed by atoms with van der Waals surface area (Å²) >= 11 is 0. The molecule has 0 saturated carbocycles. The Morgan fingerprint density at radius 1 is 1.71 bits per heavy atom. The number of hydrogen-bond donors (Lipinski definition) is 2. The van der Waals surface area contributed by atoms with Crippen LogP contribution in [0.4, 0.5) is 0 Å². The van der Waals surface area contributed by atoms with Gasteiger partial charge >= 0.3 is 5.97 Å². The van der Waals surface area contributed by atoms with Crippen LogP contribution < -0.4 is 0 Å². The van der Waals surface area contributed by atoms with Crippen molar-refractivity contribution in [2.24, 2.45) is 5.92 Å². The molecule has 2 atom stereocenters. The molecule has 1 aromatic rings. The maximum Gasteiger partial charge on any atom is 0.309 e. The first-order valence-electron chi connectivity index (χ1n) is 4.62. The average Bonchev–Trinajstić information content (AvgIpc) is 2.70. The van der Waals surface area contributed by atoms with Crippen LogP contribution in [-0.4, -0.2) is 27.7 Å². The number of hydrogen-bond acceptors (Lipinski definition) is 3. The van der Waals surface area contributed by atoms with Gasteiger partial charge in [0.25, 0.3) is 0 Å². The van der Waals surface area contributed by atoms with Crippen LogP contribution in [0.2, 0.25) is 0 Å². The number of nitrogens with zero attached hydrogens (tertiary/aromatic N) is 1. The average molecular weight is 196 g/mol. The van der Waals surface area contributed by atoms with E-state index in [-0.39, 0.29) is 0 Å². The Morgan fingerprint density at radius 2 is 2.57 bits per heavy atom. The van der Waals surface area contributed by atoms with Gasteiger partial charge in [0.1, 0.15) is 11.9 Å². The molecular formula is C9H12N2O3. The molecule has 5 nitrogen and oxygen atoms in total. The number of aliphatic carboxylic acids is 1. The van der Waals surface area contributed by atoms with Crippen LogP contribution in [0.5, 0.6) is 0 Å². The SMILES string of the molecule is O=C(O)C1CCCOC1c1ncc[nH]1. The maximum absolute atomic E-state index is 10.9. The van der Waals surface area contributed by atoms with E-state index in [1.807, 2.05) is 0 Å². The lowest BCUT2D eigenvalue weighted by Crippen LogP contribution is -2.29. The second kappa shape index (κ2) is 3.79. The standard InChI is InChI=1S/C9H12N2O3/c12-9(13)6-2-1-5-14-7(6)8-10-3-4-11-8/h3-4,6-7H,1-2,5H2,(H,10,11)(H,12,13). The number of imidazole rings is 1. The zero-order chi connectivity index (χ0) is 9.97. The fraction of sp³-hybridized carbons (Fsp3) is 0.556. The summed E-state index contributed by atoms with van der Waals surface area (Å²) in [6, 6.07) is 0. The summed E-state index contributed by atoms with van der Waals surface area (Å²) in [5.41, 5.74) is 0. The van der Waals surface area contributed by atoms with Crippen LogP contribution in [0.1, 0.15) is 24.8 Å². The van der Waals surface area contributed by atoms with Crippen LogP contribution in [0.3, 0.4) is 0 Å². The zero-order valence-electron chi connectivity index (χ0n) is 7.64. The van der Waals surface area contributed by atoms with Crippen molar-refractivity contribution in [2.75, 3.05) is 6.61 Å². The van der Waals surface area contributed by atoms with Gasteiger partial charge in [0.15, 0.2) is 0 Å². The molecule has 0 radical (unpaired) electrons. The summed E-state index contributed by atoms with van der Waals surface area (Å²) < 4.78 is 5.42. The second-order valence-corrected chi connectivity index (χ2v) is 3.35. The molecule has 1 aliphatic rings. The fourth-order valence-electron chi connectivity index (χ4n) is 1.74. The van der Waals surface area contributed by atoms with Gasteiger partial charge in [-0.15, -0.1) is 0 Å². The molecule has 0 aromatic carbocycles. The lowest BCUT2D eigenvalue weighted by molar-refractivity contribution is -0.152. The number of aromatic amines is 1. The highest BCUT2D eigenvalue weighted by molar-refractivity contribution is 5.71. The topological polar surface area (TPSA) is 75.2 Å². The number of carboxylic acids is 1. The van der Waals surface area contributed by atoms with E-state index in [0.29, 0.717) is 18.9 Å². The van der Waals surface area contributed by atoms with Gasteiger partial charge in [-0.25, -0.2) is 4.98 Å². The molecule has 0 amide bonds. The Bertz CT molecular complexity index is 310. The minimum Gasteiger partial charge on any atom is -0.481 e. The number of carbonyl (C=O) groups is 1. The Balaban J connectivity index is 2.18. The summed E-state index contributed by atoms with van der Waals surface area (Å²) in [4.78, 5) is 17.9. The molecule has 0 spiro atoms. The molecule has 5 heteroatoms. The van der Waals surface area contributed by atoms with Crippen LogP contribution in [0.15, 0.2) is 12.4 Å². The largest absolute Gasteiger partial charge is 0.481 e. The van der Waals surface area contributed by atoms with Gasteiger partial charge in [0.05, 0.1) is 5.92 Å². The second-order valence-electron chi connectivity index (χ2n) is 3.35. The first-order valence-corrected chi connectivity index (χ1v) is 4.62. The molecule has 2 heterocycles. The highest BCUT2D eigenvalue weighted by Crippen LogP contribution is 2.31. The van der Waals surface area contributed by atoms with Gasteiger partial charge in [-0.05, 0) is 12.8 Å². The van der Waals surface area contributed by atoms with Gasteiger partial charge in [0, 0.05) is 19.0 Å². The third-order valence-corrected chi connectivity index (χ3v) is 2.43. The van der Waals surface area contributed by atoms with Crippen molar-refractivity contribution in [2.45, 2.75) is 18.9 Å². The van der Waals surface area contributed by atoms with Crippen LogP contribution >= 0.6 is 0 Å². The van der Waals surface area contributed by atoms with Crippen molar-refractivity contribution in [3.8, 4) is 0 Å². The van der Waals surface area contributed by atoms with Crippen molar-refractivity contribution < 1.29 is 14.6 Å². The van der Waals surface area contributed by atoms with Gasteiger partial charge in [-0.2, -0.15) is 0 Å². The predicted octanol–water partition coefficient (Wildman–Crippen LogP) is 0.962. The van der Waals surface area contributed by atoms with E-state index in [1.165, 1.54) is 0 Å². The third-order valence-electron chi connectivity index (χ3n) is 2.43. The molecular weight excluding hydrogens is 184 g/mol. The highest BCUT2D eigenvalue weighted by Gasteiger charge is 2.34. The van der Waals surface area contributed by atoms with Crippen molar-refractivity contribution >= 4 is 5.97 Å². The molecule has 14 heavy (non-hydrogen) atoms. The van der Waals surface area contributed by atoms with Crippen LogP contribution in [0.25, 0.3) is 0 Å². The van der Waals surface area contributed by atoms with Crippen LogP contribution in [0, 0.1) is 5.92 Å². The van der Waals surface area contributed by atoms with Crippen molar-refractivity contribution in [3.05, 3.63) is 18.2 Å². The van der Waals surface area contributed by atoms with E-state index >= 15 is 0 Å². The van der Waals surface area contributed by atoms with Crippen molar-refractivity contribution in [3.63, 3.8) is 0 Å². The van der Waals surface area contributed by atoms with E-state index in [2.05, 4.69) is 9.97 Å². The Kier molecular flexibility index (Phi) is 2.49. The van der Waals surface area contributed by atoms with E-state index in [0.717, 1.165) is 6.42 Å². The Hall–Kier alpha value is -1.36. The number of ether oxygens (including phenoxy) is 1. The minimum atomic E-state index is -0.814. The van der Waals surface area contributed by atoms with Crippen molar-refractivity contribution in [1.29, 1.82) is 0 Å². The lowest BCUT2D eigenvalue weighted by Gasteiger charge is -2.27. The molecule has 1 saturated heterocycles. The Morgan fingerprint density at radius 3 is 3.21 bits per heavy atom. The van der Waals surface area contributed by atoms with Crippen molar-refractivity contribution in [1.82, 2.24) is 9.97 Å². The summed E-state index contributed by atoms with van der Waals surface area (Å²) in [6.45, 7) is 0.606.